The van der Waals surface area contributed by atoms with Gasteiger partial charge in [-0.25, -0.2) is 0 Å². The van der Waals surface area contributed by atoms with E-state index in [1.807, 2.05) is 12.3 Å². The van der Waals surface area contributed by atoms with E-state index >= 15 is 0 Å². The summed E-state index contributed by atoms with van der Waals surface area (Å²) < 4.78 is 1.72. The van der Waals surface area contributed by atoms with Crippen LogP contribution in [0.5, 0.6) is 0 Å². The van der Waals surface area contributed by atoms with Crippen molar-refractivity contribution in [2.45, 2.75) is 6.92 Å². The lowest BCUT2D eigenvalue weighted by Gasteiger charge is -2.23. The molecule has 3 nitrogen and oxygen atoms in total. The molecule has 13 heavy (non-hydrogen) atoms. The summed E-state index contributed by atoms with van der Waals surface area (Å²) in [6.07, 6.45) is 3.80. The molecule has 2 heterocycles. The van der Waals surface area contributed by atoms with Crippen molar-refractivity contribution in [2.75, 3.05) is 13.2 Å². The number of halogens is 2. The molecule has 0 aromatic carbocycles. The summed E-state index contributed by atoms with van der Waals surface area (Å²) in [6.45, 7) is 3.72. The van der Waals surface area contributed by atoms with Gasteiger partial charge in [0.05, 0.1) is 21.9 Å². The summed E-state index contributed by atoms with van der Waals surface area (Å²) in [5, 5.41) is 0.681. The van der Waals surface area contributed by atoms with Gasteiger partial charge >= 0.3 is 0 Å². The molecular weight excluding hydrogens is 253 g/mol. The number of fused-ring (bicyclic) bond motifs is 1. The predicted octanol–water partition coefficient (Wildman–Crippen LogP) is 2.27. The Hall–Kier alpha value is -0.480. The van der Waals surface area contributed by atoms with Crippen LogP contribution in [0.25, 0.3) is 0 Å². The first kappa shape index (κ1) is 9.09. The molecule has 5 heteroatoms. The molecule has 0 saturated heterocycles. The first-order valence-corrected chi connectivity index (χ1v) is 5.15. The Bertz CT molecular complexity index is 321. The summed E-state index contributed by atoms with van der Waals surface area (Å²) in [5.74, 6) is 0. The van der Waals surface area contributed by atoms with Crippen LogP contribution in [-0.4, -0.2) is 27.8 Å². The Morgan fingerprint density at radius 1 is 1.69 bits per heavy atom. The van der Waals surface area contributed by atoms with E-state index in [9.17, 15) is 0 Å². The molecule has 0 saturated carbocycles. The molecule has 0 fully saturated rings. The van der Waals surface area contributed by atoms with Crippen molar-refractivity contribution in [3.05, 3.63) is 23.1 Å². The van der Waals surface area contributed by atoms with Crippen LogP contribution in [0.1, 0.15) is 6.92 Å². The second-order valence-corrected chi connectivity index (χ2v) is 3.93. The smallest absolute Gasteiger partial charge is 0.144 e. The molecular formula is C8H9BrClN3. The standard InChI is InChI=1S/C8H9BrClN3/c1-2-12-5-11-6-3-4-13(9)8(10)7(6)12/h3-4H,2,5H2,1H3. The highest BCUT2D eigenvalue weighted by atomic mass is 79.9. The largest absolute Gasteiger partial charge is 0.348 e. The van der Waals surface area contributed by atoms with Gasteiger partial charge in [-0.15, -0.1) is 0 Å². The Labute approximate surface area is 90.7 Å². The van der Waals surface area contributed by atoms with Gasteiger partial charge in [-0.1, -0.05) is 11.6 Å². The number of allylic oxidation sites excluding steroid dienone is 1. The molecule has 0 unspecified atom stereocenters. The molecule has 0 amide bonds. The van der Waals surface area contributed by atoms with E-state index < -0.39 is 0 Å². The quantitative estimate of drug-likeness (QED) is 0.533. The van der Waals surface area contributed by atoms with E-state index in [4.69, 9.17) is 11.6 Å². The van der Waals surface area contributed by atoms with Crippen molar-refractivity contribution in [3.8, 4) is 0 Å². The molecule has 0 N–H and O–H groups in total. The van der Waals surface area contributed by atoms with Crippen LogP contribution in [0.4, 0.5) is 0 Å². The molecule has 2 rings (SSSR count). The van der Waals surface area contributed by atoms with E-state index in [-0.39, 0.29) is 0 Å². The molecule has 2 aliphatic heterocycles. The van der Waals surface area contributed by atoms with Crippen LogP contribution in [0, 0.1) is 0 Å². The highest BCUT2D eigenvalue weighted by Gasteiger charge is 2.26. The summed E-state index contributed by atoms with van der Waals surface area (Å²) in [7, 11) is 0. The fourth-order valence-electron chi connectivity index (χ4n) is 1.40. The topological polar surface area (TPSA) is 18.8 Å². The summed E-state index contributed by atoms with van der Waals surface area (Å²) in [6, 6.07) is 0. The fraction of sp³-hybridized carbons (Fsp3) is 0.375. The van der Waals surface area contributed by atoms with Crippen molar-refractivity contribution in [1.82, 2.24) is 8.83 Å². The van der Waals surface area contributed by atoms with Gasteiger partial charge < -0.3 is 4.90 Å². The number of aliphatic imine (C=N–C) groups is 1. The van der Waals surface area contributed by atoms with Gasteiger partial charge in [0.2, 0.25) is 0 Å². The predicted molar refractivity (Wildman–Crippen MR) is 57.5 cm³/mol. The maximum absolute atomic E-state index is 6.13. The second kappa shape index (κ2) is 3.35. The molecule has 0 atom stereocenters. The van der Waals surface area contributed by atoms with Gasteiger partial charge in [0.1, 0.15) is 17.5 Å². The first-order valence-electron chi connectivity index (χ1n) is 4.06. The summed E-state index contributed by atoms with van der Waals surface area (Å²) in [4.78, 5) is 6.50. The summed E-state index contributed by atoms with van der Waals surface area (Å²) in [5.41, 5.74) is 1.99. The van der Waals surface area contributed by atoms with E-state index in [0.29, 0.717) is 11.8 Å². The number of rotatable bonds is 1. The maximum Gasteiger partial charge on any atom is 0.144 e. The SMILES string of the molecule is CCN1CN=C2C=CN(Br)C(Cl)=C21. The number of nitrogens with zero attached hydrogens (tertiary/aromatic N) is 3. The van der Waals surface area contributed by atoms with Gasteiger partial charge in [-0.3, -0.25) is 8.92 Å². The van der Waals surface area contributed by atoms with Crippen LogP contribution in [0.15, 0.2) is 28.1 Å². The van der Waals surface area contributed by atoms with Gasteiger partial charge in [0.25, 0.3) is 0 Å². The van der Waals surface area contributed by atoms with Crippen molar-refractivity contribution >= 4 is 33.5 Å². The van der Waals surface area contributed by atoms with E-state index in [2.05, 4.69) is 33.0 Å². The Morgan fingerprint density at radius 3 is 3.15 bits per heavy atom. The summed E-state index contributed by atoms with van der Waals surface area (Å²) >= 11 is 9.45. The minimum atomic E-state index is 0.681. The van der Waals surface area contributed by atoms with Crippen LogP contribution in [0.2, 0.25) is 0 Å². The lowest BCUT2D eigenvalue weighted by atomic mass is 10.2. The molecule has 0 aromatic rings. The maximum atomic E-state index is 6.13. The van der Waals surface area contributed by atoms with E-state index in [1.54, 1.807) is 3.93 Å². The average Bonchev–Trinajstić information content (AvgIpc) is 2.55. The fourth-order valence-corrected chi connectivity index (χ4v) is 1.96. The van der Waals surface area contributed by atoms with Crippen LogP contribution < -0.4 is 0 Å². The zero-order valence-electron chi connectivity index (χ0n) is 7.17. The van der Waals surface area contributed by atoms with Gasteiger partial charge in [-0.05, 0) is 13.0 Å². The molecule has 2 aliphatic rings. The highest BCUT2D eigenvalue weighted by molar-refractivity contribution is 9.07. The Morgan fingerprint density at radius 2 is 2.46 bits per heavy atom. The second-order valence-electron chi connectivity index (χ2n) is 2.81. The number of hydrogen-bond acceptors (Lipinski definition) is 3. The van der Waals surface area contributed by atoms with Gasteiger partial charge in [0, 0.05) is 12.7 Å². The lowest BCUT2D eigenvalue weighted by molar-refractivity contribution is 0.406. The third-order valence-electron chi connectivity index (χ3n) is 2.10. The van der Waals surface area contributed by atoms with Crippen LogP contribution in [-0.2, 0) is 0 Å². The van der Waals surface area contributed by atoms with Crippen LogP contribution >= 0.6 is 27.7 Å². The highest BCUT2D eigenvalue weighted by Crippen LogP contribution is 2.30. The molecule has 0 aliphatic carbocycles. The minimum Gasteiger partial charge on any atom is -0.348 e. The molecule has 0 bridgehead atoms. The van der Waals surface area contributed by atoms with E-state index in [1.165, 1.54) is 0 Å². The van der Waals surface area contributed by atoms with Crippen molar-refractivity contribution in [1.29, 1.82) is 0 Å². The van der Waals surface area contributed by atoms with Crippen molar-refractivity contribution < 1.29 is 0 Å². The lowest BCUT2D eigenvalue weighted by Crippen LogP contribution is -2.25. The van der Waals surface area contributed by atoms with E-state index in [0.717, 1.165) is 18.0 Å². The average molecular weight is 263 g/mol. The van der Waals surface area contributed by atoms with Crippen molar-refractivity contribution in [2.24, 2.45) is 4.99 Å². The number of hydrogen-bond donors (Lipinski definition) is 0. The zero-order chi connectivity index (χ0) is 9.42. The third-order valence-corrected chi connectivity index (χ3v) is 3.25. The molecule has 0 spiro atoms. The first-order chi connectivity index (χ1) is 6.24. The van der Waals surface area contributed by atoms with Gasteiger partial charge in [0.15, 0.2) is 0 Å². The minimum absolute atomic E-state index is 0.681. The monoisotopic (exact) mass is 261 g/mol. The Kier molecular flexibility index (Phi) is 2.34. The van der Waals surface area contributed by atoms with Gasteiger partial charge in [-0.2, -0.15) is 0 Å². The Balaban J connectivity index is 2.40. The van der Waals surface area contributed by atoms with Crippen molar-refractivity contribution in [3.63, 3.8) is 0 Å². The van der Waals surface area contributed by atoms with Crippen LogP contribution in [0.3, 0.4) is 0 Å². The molecule has 0 radical (unpaired) electrons. The molecule has 70 valence electrons. The zero-order valence-corrected chi connectivity index (χ0v) is 9.51. The normalized spacial score (nSPS) is 21.0. The molecule has 0 aromatic heterocycles. The third kappa shape index (κ3) is 1.38.